The Bertz CT molecular complexity index is 525. The molecule has 0 aliphatic carbocycles. The average molecular weight is 291 g/mol. The molecule has 0 bridgehead atoms. The SMILES string of the molecule is CC(NC(c1ccc(F)cc1)C(C)(C)C)c1cccs1. The summed E-state index contributed by atoms with van der Waals surface area (Å²) in [5.41, 5.74) is 1.19. The van der Waals surface area contributed by atoms with Crippen LogP contribution in [0.1, 0.15) is 50.2 Å². The van der Waals surface area contributed by atoms with Crippen LogP contribution in [0.2, 0.25) is 0 Å². The van der Waals surface area contributed by atoms with E-state index >= 15 is 0 Å². The van der Waals surface area contributed by atoms with Gasteiger partial charge in [-0.05, 0) is 41.5 Å². The maximum atomic E-state index is 13.1. The van der Waals surface area contributed by atoms with Crippen LogP contribution in [0.5, 0.6) is 0 Å². The van der Waals surface area contributed by atoms with Crippen molar-refractivity contribution in [1.82, 2.24) is 5.32 Å². The Hall–Kier alpha value is -1.19. The molecule has 3 heteroatoms. The molecule has 1 aromatic carbocycles. The van der Waals surface area contributed by atoms with Crippen LogP contribution >= 0.6 is 11.3 Å². The Morgan fingerprint density at radius 3 is 2.25 bits per heavy atom. The molecule has 1 nitrogen and oxygen atoms in total. The average Bonchev–Trinajstić information content (AvgIpc) is 2.89. The van der Waals surface area contributed by atoms with Gasteiger partial charge >= 0.3 is 0 Å². The quantitative estimate of drug-likeness (QED) is 0.803. The third-order valence-electron chi connectivity index (χ3n) is 3.46. The largest absolute Gasteiger partial charge is 0.302 e. The first-order valence-corrected chi connectivity index (χ1v) is 7.81. The topological polar surface area (TPSA) is 12.0 Å². The fourth-order valence-electron chi connectivity index (χ4n) is 2.37. The maximum Gasteiger partial charge on any atom is 0.123 e. The molecule has 108 valence electrons. The summed E-state index contributed by atoms with van der Waals surface area (Å²) in [6.07, 6.45) is 0. The molecule has 0 aliphatic rings. The van der Waals surface area contributed by atoms with Gasteiger partial charge in [0.15, 0.2) is 0 Å². The van der Waals surface area contributed by atoms with E-state index in [2.05, 4.69) is 50.5 Å². The molecule has 0 amide bonds. The van der Waals surface area contributed by atoms with Gasteiger partial charge in [-0.25, -0.2) is 4.39 Å². The molecule has 0 fully saturated rings. The van der Waals surface area contributed by atoms with Crippen LogP contribution in [0.3, 0.4) is 0 Å². The summed E-state index contributed by atoms with van der Waals surface area (Å²) < 4.78 is 13.1. The van der Waals surface area contributed by atoms with Crippen molar-refractivity contribution in [2.75, 3.05) is 0 Å². The molecule has 20 heavy (non-hydrogen) atoms. The summed E-state index contributed by atoms with van der Waals surface area (Å²) in [5.74, 6) is -0.187. The van der Waals surface area contributed by atoms with Crippen molar-refractivity contribution in [2.24, 2.45) is 5.41 Å². The second-order valence-electron chi connectivity index (χ2n) is 6.25. The molecule has 1 heterocycles. The van der Waals surface area contributed by atoms with Crippen LogP contribution in [0.15, 0.2) is 41.8 Å². The lowest BCUT2D eigenvalue weighted by Gasteiger charge is -2.34. The summed E-state index contributed by atoms with van der Waals surface area (Å²) in [6, 6.07) is 11.5. The first kappa shape index (κ1) is 15.2. The number of nitrogens with one attached hydrogen (secondary N) is 1. The van der Waals surface area contributed by atoms with Crippen molar-refractivity contribution in [3.05, 3.63) is 58.0 Å². The second kappa shape index (κ2) is 6.06. The highest BCUT2D eigenvalue weighted by molar-refractivity contribution is 7.10. The Morgan fingerprint density at radius 2 is 1.75 bits per heavy atom. The summed E-state index contributed by atoms with van der Waals surface area (Å²) >= 11 is 1.76. The number of hydrogen-bond donors (Lipinski definition) is 1. The second-order valence-corrected chi connectivity index (χ2v) is 7.23. The Kier molecular flexibility index (Phi) is 4.61. The molecular formula is C17H22FNS. The molecular weight excluding hydrogens is 269 g/mol. The third-order valence-corrected chi connectivity index (χ3v) is 4.51. The molecule has 0 saturated heterocycles. The van der Waals surface area contributed by atoms with Crippen molar-refractivity contribution >= 4 is 11.3 Å². The monoisotopic (exact) mass is 291 g/mol. The highest BCUT2D eigenvalue weighted by Crippen LogP contribution is 2.35. The highest BCUT2D eigenvalue weighted by atomic mass is 32.1. The van der Waals surface area contributed by atoms with Gasteiger partial charge in [0.05, 0.1) is 0 Å². The van der Waals surface area contributed by atoms with E-state index in [-0.39, 0.29) is 23.3 Å². The molecule has 2 rings (SSSR count). The number of hydrogen-bond acceptors (Lipinski definition) is 2. The van der Waals surface area contributed by atoms with Gasteiger partial charge in [0.25, 0.3) is 0 Å². The van der Waals surface area contributed by atoms with Crippen molar-refractivity contribution in [3.63, 3.8) is 0 Å². The predicted molar refractivity (Wildman–Crippen MR) is 84.5 cm³/mol. The van der Waals surface area contributed by atoms with Crippen LogP contribution in [-0.4, -0.2) is 0 Å². The molecule has 0 radical (unpaired) electrons. The lowest BCUT2D eigenvalue weighted by molar-refractivity contribution is 0.255. The van der Waals surface area contributed by atoms with Gasteiger partial charge in [-0.1, -0.05) is 39.0 Å². The first-order valence-electron chi connectivity index (χ1n) is 6.93. The van der Waals surface area contributed by atoms with E-state index in [0.717, 1.165) is 5.56 Å². The Labute approximate surface area is 124 Å². The Balaban J connectivity index is 2.22. The summed E-state index contributed by atoms with van der Waals surface area (Å²) in [7, 11) is 0. The fourth-order valence-corrected chi connectivity index (χ4v) is 3.11. The van der Waals surface area contributed by atoms with E-state index in [0.29, 0.717) is 0 Å². The Morgan fingerprint density at radius 1 is 1.10 bits per heavy atom. The van der Waals surface area contributed by atoms with E-state index < -0.39 is 0 Å². The smallest absolute Gasteiger partial charge is 0.123 e. The van der Waals surface area contributed by atoms with Gasteiger partial charge in [-0.15, -0.1) is 11.3 Å². The zero-order valence-corrected chi connectivity index (χ0v) is 13.3. The van der Waals surface area contributed by atoms with E-state index in [9.17, 15) is 4.39 Å². The number of rotatable bonds is 4. The first-order chi connectivity index (χ1) is 9.38. The van der Waals surface area contributed by atoms with Crippen LogP contribution in [0.4, 0.5) is 4.39 Å². The van der Waals surface area contributed by atoms with E-state index in [1.165, 1.54) is 17.0 Å². The van der Waals surface area contributed by atoms with Crippen LogP contribution in [-0.2, 0) is 0 Å². The van der Waals surface area contributed by atoms with Gasteiger partial charge in [-0.2, -0.15) is 0 Å². The van der Waals surface area contributed by atoms with Gasteiger partial charge in [-0.3, -0.25) is 0 Å². The summed E-state index contributed by atoms with van der Waals surface area (Å²) in [5, 5.41) is 5.78. The lowest BCUT2D eigenvalue weighted by atomic mass is 9.82. The highest BCUT2D eigenvalue weighted by Gasteiger charge is 2.27. The fraction of sp³-hybridized carbons (Fsp3) is 0.412. The molecule has 1 aromatic heterocycles. The molecule has 0 spiro atoms. The maximum absolute atomic E-state index is 13.1. The van der Waals surface area contributed by atoms with Gasteiger partial charge < -0.3 is 5.32 Å². The number of halogens is 1. The molecule has 2 aromatic rings. The minimum absolute atomic E-state index is 0.0589. The van der Waals surface area contributed by atoms with Crippen LogP contribution in [0.25, 0.3) is 0 Å². The summed E-state index contributed by atoms with van der Waals surface area (Å²) in [4.78, 5) is 1.32. The number of benzene rings is 1. The minimum atomic E-state index is -0.187. The molecule has 0 saturated carbocycles. The number of thiophene rings is 1. The van der Waals surface area contributed by atoms with E-state index in [1.807, 2.05) is 12.1 Å². The zero-order valence-electron chi connectivity index (χ0n) is 12.5. The zero-order chi connectivity index (χ0) is 14.8. The van der Waals surface area contributed by atoms with Gasteiger partial charge in [0.1, 0.15) is 5.82 Å². The predicted octanol–water partition coefficient (Wildman–Crippen LogP) is 5.33. The molecule has 1 N–H and O–H groups in total. The van der Waals surface area contributed by atoms with Crippen molar-refractivity contribution in [2.45, 2.75) is 39.8 Å². The van der Waals surface area contributed by atoms with E-state index in [1.54, 1.807) is 11.3 Å². The van der Waals surface area contributed by atoms with Crippen molar-refractivity contribution in [3.8, 4) is 0 Å². The molecule has 0 aliphatic heterocycles. The minimum Gasteiger partial charge on any atom is -0.302 e. The normalized spacial score (nSPS) is 15.1. The molecule has 2 atom stereocenters. The van der Waals surface area contributed by atoms with E-state index in [4.69, 9.17) is 0 Å². The van der Waals surface area contributed by atoms with Gasteiger partial charge in [0, 0.05) is 17.0 Å². The van der Waals surface area contributed by atoms with Crippen LogP contribution in [0, 0.1) is 11.2 Å². The summed E-state index contributed by atoms with van der Waals surface area (Å²) in [6.45, 7) is 8.79. The van der Waals surface area contributed by atoms with Crippen LogP contribution < -0.4 is 5.32 Å². The molecule has 2 unspecified atom stereocenters. The standard InChI is InChI=1S/C17H22FNS/c1-12(15-6-5-11-20-15)19-16(17(2,3)4)13-7-9-14(18)10-8-13/h5-12,16,19H,1-4H3. The van der Waals surface area contributed by atoms with Crippen molar-refractivity contribution in [1.29, 1.82) is 0 Å². The van der Waals surface area contributed by atoms with Gasteiger partial charge in [0.2, 0.25) is 0 Å². The third kappa shape index (κ3) is 3.68. The lowest BCUT2D eigenvalue weighted by Crippen LogP contribution is -2.33. The van der Waals surface area contributed by atoms with Crippen molar-refractivity contribution < 1.29 is 4.39 Å².